The molecule has 2 atom stereocenters. The maximum absolute atomic E-state index is 9.25. The summed E-state index contributed by atoms with van der Waals surface area (Å²) in [6.07, 6.45) is 1.85. The molecule has 3 nitrogen and oxygen atoms in total. The summed E-state index contributed by atoms with van der Waals surface area (Å²) in [4.78, 5) is 4.52. The molecule has 0 aromatic rings. The van der Waals surface area contributed by atoms with E-state index >= 15 is 0 Å². The lowest BCUT2D eigenvalue weighted by Gasteiger charge is -2.26. The molecule has 0 fully saturated rings. The molecule has 0 aliphatic carbocycles. The first kappa shape index (κ1) is 13.9. The molecule has 0 saturated heterocycles. The summed E-state index contributed by atoms with van der Waals surface area (Å²) < 4.78 is 0. The molecule has 0 saturated carbocycles. The van der Waals surface area contributed by atoms with Gasteiger partial charge in [0.25, 0.3) is 0 Å². The van der Waals surface area contributed by atoms with Gasteiger partial charge in [-0.15, -0.1) is 0 Å². The van der Waals surface area contributed by atoms with Gasteiger partial charge in [-0.2, -0.15) is 0 Å². The molecule has 86 valence electrons. The summed E-state index contributed by atoms with van der Waals surface area (Å²) in [7, 11) is 6.32. The molecule has 1 N–H and O–H groups in total. The topological polar surface area (TPSA) is 26.7 Å². The van der Waals surface area contributed by atoms with Gasteiger partial charge < -0.3 is 14.9 Å². The second kappa shape index (κ2) is 7.21. The standard InChI is InChI=1S/C11H26N2O/c1-10(9-11(2)14)13(5)8-6-7-12(3)4/h10-11,14H,6-9H2,1-5H3. The molecular formula is C11H26N2O. The molecule has 3 heteroatoms. The van der Waals surface area contributed by atoms with E-state index in [1.54, 1.807) is 0 Å². The Balaban J connectivity index is 3.56. The minimum Gasteiger partial charge on any atom is -0.393 e. The highest BCUT2D eigenvalue weighted by molar-refractivity contribution is 4.66. The van der Waals surface area contributed by atoms with Gasteiger partial charge in [-0.3, -0.25) is 0 Å². The average molecular weight is 202 g/mol. The van der Waals surface area contributed by atoms with Crippen LogP contribution in [0.2, 0.25) is 0 Å². The van der Waals surface area contributed by atoms with Crippen molar-refractivity contribution in [1.29, 1.82) is 0 Å². The van der Waals surface area contributed by atoms with Crippen LogP contribution in [0.3, 0.4) is 0 Å². The summed E-state index contributed by atoms with van der Waals surface area (Å²) in [5.74, 6) is 0. The van der Waals surface area contributed by atoms with Crippen molar-refractivity contribution < 1.29 is 5.11 Å². The van der Waals surface area contributed by atoms with Gasteiger partial charge >= 0.3 is 0 Å². The van der Waals surface area contributed by atoms with Crippen molar-refractivity contribution in [3.8, 4) is 0 Å². The van der Waals surface area contributed by atoms with E-state index in [0.29, 0.717) is 6.04 Å². The summed E-state index contributed by atoms with van der Waals surface area (Å²) in [6, 6.07) is 0.470. The number of rotatable bonds is 7. The van der Waals surface area contributed by atoms with Crippen molar-refractivity contribution in [3.05, 3.63) is 0 Å². The smallest absolute Gasteiger partial charge is 0.0526 e. The van der Waals surface area contributed by atoms with Gasteiger partial charge in [0.1, 0.15) is 0 Å². The Morgan fingerprint density at radius 3 is 2.07 bits per heavy atom. The van der Waals surface area contributed by atoms with E-state index in [1.165, 1.54) is 6.42 Å². The summed E-state index contributed by atoms with van der Waals surface area (Å²) >= 11 is 0. The largest absolute Gasteiger partial charge is 0.393 e. The van der Waals surface area contributed by atoms with Gasteiger partial charge in [-0.1, -0.05) is 0 Å². The van der Waals surface area contributed by atoms with E-state index < -0.39 is 0 Å². The Labute approximate surface area is 88.7 Å². The summed E-state index contributed by atoms with van der Waals surface area (Å²) in [5, 5.41) is 9.25. The SMILES string of the molecule is CC(O)CC(C)N(C)CCCN(C)C. The van der Waals surface area contributed by atoms with Crippen LogP contribution in [0.1, 0.15) is 26.7 Å². The van der Waals surface area contributed by atoms with Crippen LogP contribution in [0.5, 0.6) is 0 Å². The van der Waals surface area contributed by atoms with E-state index in [2.05, 4.69) is 37.9 Å². The van der Waals surface area contributed by atoms with Crippen LogP contribution in [0, 0.1) is 0 Å². The fourth-order valence-corrected chi connectivity index (χ4v) is 1.53. The van der Waals surface area contributed by atoms with Crippen LogP contribution in [0.15, 0.2) is 0 Å². The highest BCUT2D eigenvalue weighted by Gasteiger charge is 2.10. The van der Waals surface area contributed by atoms with E-state index in [0.717, 1.165) is 19.5 Å². The molecule has 0 aromatic carbocycles. The van der Waals surface area contributed by atoms with Gasteiger partial charge in [0.2, 0.25) is 0 Å². The third-order valence-electron chi connectivity index (χ3n) is 2.55. The van der Waals surface area contributed by atoms with Gasteiger partial charge in [0.15, 0.2) is 0 Å². The molecule has 14 heavy (non-hydrogen) atoms. The monoisotopic (exact) mass is 202 g/mol. The number of hydrogen-bond acceptors (Lipinski definition) is 3. The Bertz CT molecular complexity index is 137. The molecule has 0 aliphatic rings. The van der Waals surface area contributed by atoms with Crippen molar-refractivity contribution >= 4 is 0 Å². The fraction of sp³-hybridized carbons (Fsp3) is 1.00. The highest BCUT2D eigenvalue weighted by atomic mass is 16.3. The zero-order valence-corrected chi connectivity index (χ0v) is 10.3. The second-order valence-electron chi connectivity index (χ2n) is 4.57. The molecule has 0 spiro atoms. The van der Waals surface area contributed by atoms with Crippen molar-refractivity contribution in [1.82, 2.24) is 9.80 Å². The van der Waals surface area contributed by atoms with Gasteiger partial charge in [0, 0.05) is 6.04 Å². The molecule has 0 aliphatic heterocycles. The molecule has 0 heterocycles. The minimum atomic E-state index is -0.193. The third kappa shape index (κ3) is 7.30. The van der Waals surface area contributed by atoms with Crippen LogP contribution in [0.4, 0.5) is 0 Å². The summed E-state index contributed by atoms with van der Waals surface area (Å²) in [6.45, 7) is 6.25. The van der Waals surface area contributed by atoms with Gasteiger partial charge in [-0.25, -0.2) is 0 Å². The van der Waals surface area contributed by atoms with Crippen LogP contribution in [-0.2, 0) is 0 Å². The second-order valence-corrected chi connectivity index (χ2v) is 4.57. The molecular weight excluding hydrogens is 176 g/mol. The minimum absolute atomic E-state index is 0.193. The maximum Gasteiger partial charge on any atom is 0.0526 e. The first-order chi connectivity index (χ1) is 6.43. The highest BCUT2D eigenvalue weighted by Crippen LogP contribution is 2.05. The Morgan fingerprint density at radius 2 is 1.64 bits per heavy atom. The lowest BCUT2D eigenvalue weighted by molar-refractivity contribution is 0.132. The number of aliphatic hydroxyl groups excluding tert-OH is 1. The van der Waals surface area contributed by atoms with Crippen molar-refractivity contribution in [3.63, 3.8) is 0 Å². The number of nitrogens with zero attached hydrogens (tertiary/aromatic N) is 2. The predicted octanol–water partition coefficient (Wildman–Crippen LogP) is 1.03. The molecule has 0 bridgehead atoms. The van der Waals surface area contributed by atoms with E-state index in [4.69, 9.17) is 0 Å². The average Bonchev–Trinajstić information content (AvgIpc) is 2.01. The number of hydrogen-bond donors (Lipinski definition) is 1. The first-order valence-corrected chi connectivity index (χ1v) is 5.46. The van der Waals surface area contributed by atoms with E-state index in [-0.39, 0.29) is 6.10 Å². The quantitative estimate of drug-likeness (QED) is 0.668. The third-order valence-corrected chi connectivity index (χ3v) is 2.55. The van der Waals surface area contributed by atoms with Crippen LogP contribution >= 0.6 is 0 Å². The van der Waals surface area contributed by atoms with Crippen molar-refractivity contribution in [2.45, 2.75) is 38.8 Å². The lowest BCUT2D eigenvalue weighted by Crippen LogP contribution is -2.33. The maximum atomic E-state index is 9.25. The Kier molecular flexibility index (Phi) is 7.15. The van der Waals surface area contributed by atoms with E-state index in [9.17, 15) is 5.11 Å². The molecule has 0 aromatic heterocycles. The lowest BCUT2D eigenvalue weighted by atomic mass is 10.1. The van der Waals surface area contributed by atoms with Crippen LogP contribution < -0.4 is 0 Å². The van der Waals surface area contributed by atoms with Crippen molar-refractivity contribution in [2.24, 2.45) is 0 Å². The van der Waals surface area contributed by atoms with Crippen LogP contribution in [-0.4, -0.2) is 61.3 Å². The molecule has 2 unspecified atom stereocenters. The molecule has 0 radical (unpaired) electrons. The van der Waals surface area contributed by atoms with Crippen LogP contribution in [0.25, 0.3) is 0 Å². The van der Waals surface area contributed by atoms with E-state index in [1.807, 2.05) is 6.92 Å². The van der Waals surface area contributed by atoms with Crippen molar-refractivity contribution in [2.75, 3.05) is 34.2 Å². The molecule has 0 rings (SSSR count). The normalized spacial score (nSPS) is 16.3. The fourth-order valence-electron chi connectivity index (χ4n) is 1.53. The Hall–Kier alpha value is -0.120. The molecule has 0 amide bonds. The van der Waals surface area contributed by atoms with Gasteiger partial charge in [0.05, 0.1) is 6.10 Å². The zero-order chi connectivity index (χ0) is 11.1. The first-order valence-electron chi connectivity index (χ1n) is 5.46. The predicted molar refractivity (Wildman–Crippen MR) is 61.6 cm³/mol. The van der Waals surface area contributed by atoms with Gasteiger partial charge in [-0.05, 0) is 60.9 Å². The Morgan fingerprint density at radius 1 is 1.07 bits per heavy atom. The number of aliphatic hydroxyl groups is 1. The zero-order valence-electron chi connectivity index (χ0n) is 10.3. The summed E-state index contributed by atoms with van der Waals surface area (Å²) in [5.41, 5.74) is 0.